The summed E-state index contributed by atoms with van der Waals surface area (Å²) in [4.78, 5) is 22.4. The summed E-state index contributed by atoms with van der Waals surface area (Å²) < 4.78 is 6.11. The molecule has 2 aromatic heterocycles. The zero-order valence-corrected chi connectivity index (χ0v) is 19.0. The molecule has 0 fully saturated rings. The van der Waals surface area contributed by atoms with Gasteiger partial charge in [0.05, 0.1) is 18.0 Å². The van der Waals surface area contributed by atoms with Gasteiger partial charge in [0.15, 0.2) is 5.58 Å². The van der Waals surface area contributed by atoms with Crippen LogP contribution in [0.3, 0.4) is 0 Å². The number of aryl methyl sites for hydroxylation is 1. The molecule has 0 radical (unpaired) electrons. The van der Waals surface area contributed by atoms with Gasteiger partial charge in [0.2, 0.25) is 5.55 Å². The molecule has 6 nitrogen and oxygen atoms in total. The second-order valence-corrected chi connectivity index (χ2v) is 8.24. The Morgan fingerprint density at radius 1 is 1.06 bits per heavy atom. The topological polar surface area (TPSA) is 87.7 Å². The second kappa shape index (κ2) is 9.09. The van der Waals surface area contributed by atoms with Crippen LogP contribution in [0, 0.1) is 6.92 Å². The molecule has 2 heterocycles. The minimum Gasteiger partial charge on any atom is -0.436 e. The first-order valence-corrected chi connectivity index (χ1v) is 11.0. The van der Waals surface area contributed by atoms with Gasteiger partial charge in [-0.2, -0.15) is 0 Å². The Hall–Kier alpha value is -4.00. The van der Waals surface area contributed by atoms with E-state index in [0.29, 0.717) is 38.6 Å². The van der Waals surface area contributed by atoms with Crippen LogP contribution in [-0.4, -0.2) is 16.0 Å². The number of pyridine rings is 1. The molecular formula is C27H20ClN3O3. The summed E-state index contributed by atoms with van der Waals surface area (Å²) in [6.07, 6.45) is 1.58. The van der Waals surface area contributed by atoms with Crippen LogP contribution in [0.5, 0.6) is 0 Å². The average molecular weight is 470 g/mol. The lowest BCUT2D eigenvalue weighted by atomic mass is 10.1. The normalized spacial score (nSPS) is 11.8. The Morgan fingerprint density at radius 3 is 2.62 bits per heavy atom. The van der Waals surface area contributed by atoms with Crippen molar-refractivity contribution in [1.29, 1.82) is 0 Å². The summed E-state index contributed by atoms with van der Waals surface area (Å²) in [5, 5.41) is 15.9. The van der Waals surface area contributed by atoms with Crippen LogP contribution in [0.15, 0.2) is 88.4 Å². The fourth-order valence-corrected chi connectivity index (χ4v) is 3.94. The number of aliphatic hydroxyl groups is 1. The molecule has 5 aromatic rings. The number of hydrogen-bond acceptors (Lipinski definition) is 5. The number of anilines is 1. The smallest absolute Gasteiger partial charge is 0.261 e. The first kappa shape index (κ1) is 21.8. The van der Waals surface area contributed by atoms with Crippen LogP contribution in [-0.2, 0) is 6.61 Å². The highest BCUT2D eigenvalue weighted by Crippen LogP contribution is 2.25. The van der Waals surface area contributed by atoms with E-state index in [1.165, 1.54) is 0 Å². The minimum absolute atomic E-state index is 0.132. The molecule has 3 aromatic carbocycles. The van der Waals surface area contributed by atoms with E-state index in [-0.39, 0.29) is 23.6 Å². The van der Waals surface area contributed by atoms with Crippen LogP contribution in [0.25, 0.3) is 21.7 Å². The van der Waals surface area contributed by atoms with E-state index in [1.54, 1.807) is 43.5 Å². The van der Waals surface area contributed by atoms with Crippen molar-refractivity contribution in [2.45, 2.75) is 13.5 Å². The molecule has 7 heteroatoms. The molecule has 5 rings (SSSR count). The first-order chi connectivity index (χ1) is 16.5. The Morgan fingerprint density at radius 2 is 1.82 bits per heavy atom. The van der Waals surface area contributed by atoms with Crippen molar-refractivity contribution in [3.8, 4) is 0 Å². The average Bonchev–Trinajstić information content (AvgIpc) is 2.86. The number of nitrogens with zero attached hydrogens (tertiary/aromatic N) is 2. The third-order valence-corrected chi connectivity index (χ3v) is 5.81. The second-order valence-electron chi connectivity index (χ2n) is 7.80. The van der Waals surface area contributed by atoms with E-state index in [1.807, 2.05) is 42.5 Å². The van der Waals surface area contributed by atoms with Crippen LogP contribution in [0.2, 0.25) is 5.02 Å². The third-order valence-electron chi connectivity index (χ3n) is 5.56. The first-order valence-electron chi connectivity index (χ1n) is 10.7. The Labute approximate surface area is 200 Å². The predicted molar refractivity (Wildman–Crippen MR) is 133 cm³/mol. The minimum atomic E-state index is -0.381. The van der Waals surface area contributed by atoms with Crippen LogP contribution < -0.4 is 10.9 Å². The molecule has 1 amide bonds. The standard InChI is InChI=1S/C27H20ClN3O3/c1-16-25-22(18(15-32)14-29-16)13-23(27(34-25)30-20-11-9-19(28)10-12-20)26(33)31-24-8-4-6-17-5-2-3-7-21(17)24/h2-14,32H,15H2,1H3,(H,31,33). The fraction of sp³-hybridized carbons (Fsp3) is 0.0741. The van der Waals surface area contributed by atoms with E-state index in [2.05, 4.69) is 15.3 Å². The quantitative estimate of drug-likeness (QED) is 0.342. The number of benzene rings is 3. The number of amides is 1. The number of aromatic nitrogens is 1. The molecule has 2 N–H and O–H groups in total. The van der Waals surface area contributed by atoms with Crippen molar-refractivity contribution in [3.63, 3.8) is 0 Å². The number of fused-ring (bicyclic) bond motifs is 2. The van der Waals surface area contributed by atoms with Crippen LogP contribution in [0.4, 0.5) is 11.4 Å². The SMILES string of the molecule is Cc1ncc(CO)c2cc(C(=O)Nc3cccc4ccccc34)c(=Nc3ccc(Cl)cc3)oc12. The summed E-state index contributed by atoms with van der Waals surface area (Å²) in [5.41, 5.74) is 3.26. The van der Waals surface area contributed by atoms with E-state index in [9.17, 15) is 9.90 Å². The summed E-state index contributed by atoms with van der Waals surface area (Å²) >= 11 is 6.01. The highest BCUT2D eigenvalue weighted by atomic mass is 35.5. The molecule has 0 unspecified atom stereocenters. The van der Waals surface area contributed by atoms with Gasteiger partial charge in [-0.3, -0.25) is 9.78 Å². The van der Waals surface area contributed by atoms with Crippen molar-refractivity contribution in [1.82, 2.24) is 4.98 Å². The van der Waals surface area contributed by atoms with Crippen molar-refractivity contribution < 1.29 is 14.3 Å². The maximum atomic E-state index is 13.5. The molecular weight excluding hydrogens is 450 g/mol. The monoisotopic (exact) mass is 469 g/mol. The molecule has 0 bridgehead atoms. The van der Waals surface area contributed by atoms with Gasteiger partial charge in [-0.05, 0) is 48.7 Å². The summed E-state index contributed by atoms with van der Waals surface area (Å²) in [6, 6.07) is 22.1. The van der Waals surface area contributed by atoms with Gasteiger partial charge in [-0.15, -0.1) is 0 Å². The number of hydrogen-bond donors (Lipinski definition) is 2. The van der Waals surface area contributed by atoms with Crippen molar-refractivity contribution in [2.75, 3.05) is 5.32 Å². The molecule has 168 valence electrons. The predicted octanol–water partition coefficient (Wildman–Crippen LogP) is 5.92. The molecule has 0 atom stereocenters. The number of rotatable bonds is 4. The largest absolute Gasteiger partial charge is 0.436 e. The van der Waals surface area contributed by atoms with Crippen molar-refractivity contribution in [2.24, 2.45) is 4.99 Å². The zero-order chi connectivity index (χ0) is 23.7. The molecule has 0 spiro atoms. The van der Waals surface area contributed by atoms with E-state index >= 15 is 0 Å². The van der Waals surface area contributed by atoms with Gasteiger partial charge < -0.3 is 14.8 Å². The lowest BCUT2D eigenvalue weighted by Gasteiger charge is -2.11. The zero-order valence-electron chi connectivity index (χ0n) is 18.2. The van der Waals surface area contributed by atoms with Crippen molar-refractivity contribution >= 4 is 50.6 Å². The highest BCUT2D eigenvalue weighted by Gasteiger charge is 2.17. The third kappa shape index (κ3) is 4.17. The Bertz CT molecular complexity index is 1600. The molecule has 0 aliphatic rings. The highest BCUT2D eigenvalue weighted by molar-refractivity contribution is 6.30. The molecule has 34 heavy (non-hydrogen) atoms. The van der Waals surface area contributed by atoms with Gasteiger partial charge in [-0.25, -0.2) is 4.99 Å². The molecule has 0 saturated carbocycles. The van der Waals surface area contributed by atoms with Crippen LogP contribution >= 0.6 is 11.6 Å². The van der Waals surface area contributed by atoms with Gasteiger partial charge in [0, 0.05) is 33.2 Å². The Balaban J connectivity index is 1.70. The van der Waals surface area contributed by atoms with E-state index in [4.69, 9.17) is 16.0 Å². The maximum absolute atomic E-state index is 13.5. The summed E-state index contributed by atoms with van der Waals surface area (Å²) in [6.45, 7) is 1.56. The maximum Gasteiger partial charge on any atom is 0.261 e. The molecule has 0 aliphatic carbocycles. The van der Waals surface area contributed by atoms with E-state index < -0.39 is 0 Å². The number of carbonyl (C=O) groups excluding carboxylic acids is 1. The van der Waals surface area contributed by atoms with Crippen LogP contribution in [0.1, 0.15) is 21.6 Å². The summed E-state index contributed by atoms with van der Waals surface area (Å²) in [7, 11) is 0. The summed E-state index contributed by atoms with van der Waals surface area (Å²) in [5.74, 6) is -0.381. The van der Waals surface area contributed by atoms with Gasteiger partial charge in [0.1, 0.15) is 5.56 Å². The molecule has 0 aliphatic heterocycles. The molecule has 0 saturated heterocycles. The van der Waals surface area contributed by atoms with Gasteiger partial charge >= 0.3 is 0 Å². The van der Waals surface area contributed by atoms with Crippen molar-refractivity contribution in [3.05, 3.63) is 106 Å². The Kier molecular flexibility index (Phi) is 5.84. The number of halogens is 1. The van der Waals surface area contributed by atoms with Gasteiger partial charge in [0.25, 0.3) is 5.91 Å². The number of nitrogens with one attached hydrogen (secondary N) is 1. The van der Waals surface area contributed by atoms with Gasteiger partial charge in [-0.1, -0.05) is 48.0 Å². The number of carbonyl (C=O) groups is 1. The number of aliphatic hydroxyl groups excluding tert-OH is 1. The van der Waals surface area contributed by atoms with E-state index in [0.717, 1.165) is 10.8 Å². The fourth-order valence-electron chi connectivity index (χ4n) is 3.82. The lowest BCUT2D eigenvalue weighted by molar-refractivity contribution is 0.102. The lowest BCUT2D eigenvalue weighted by Crippen LogP contribution is -2.22.